The summed E-state index contributed by atoms with van der Waals surface area (Å²) < 4.78 is 37.5. The Morgan fingerprint density at radius 2 is 1.27 bits per heavy atom. The van der Waals surface area contributed by atoms with Crippen LogP contribution in [0.5, 0.6) is 0 Å². The fraction of sp³-hybridized carbons (Fsp3) is 1.00. The second-order valence-corrected chi connectivity index (χ2v) is 11.9. The van der Waals surface area contributed by atoms with Gasteiger partial charge in [0, 0.05) is 74.8 Å². The predicted molar refractivity (Wildman–Crippen MR) is 162 cm³/mol. The number of aliphatic hydroxyl groups excluding tert-OH is 4. The molecule has 15 atom stereocenters. The first-order valence-corrected chi connectivity index (χ1v) is 15.6. The van der Waals surface area contributed by atoms with Crippen LogP contribution < -0.4 is 21.3 Å². The Morgan fingerprint density at radius 1 is 0.711 bits per heavy atom. The number of hydrogen-bond acceptors (Lipinski definition) is 15. The maximum atomic E-state index is 10.9. The van der Waals surface area contributed by atoms with Gasteiger partial charge in [-0.1, -0.05) is 5.11 Å². The summed E-state index contributed by atoms with van der Waals surface area (Å²) in [6.07, 6.45) is -4.95. The van der Waals surface area contributed by atoms with Crippen LogP contribution in [0.4, 0.5) is 0 Å². The summed E-state index contributed by atoms with van der Waals surface area (Å²) in [4.78, 5) is 2.87. The van der Waals surface area contributed by atoms with E-state index in [4.69, 9.17) is 34.0 Å². The Bertz CT molecular complexity index is 908. The zero-order valence-electron chi connectivity index (χ0n) is 27.2. The van der Waals surface area contributed by atoms with Gasteiger partial charge in [0.1, 0.15) is 6.10 Å². The molecule has 0 aromatic heterocycles. The predicted octanol–water partition coefficient (Wildman–Crippen LogP) is -2.63. The molecule has 0 aromatic rings. The molecule has 1 aliphatic carbocycles. The van der Waals surface area contributed by atoms with Crippen molar-refractivity contribution in [2.75, 3.05) is 81.9 Å². The van der Waals surface area contributed by atoms with Crippen LogP contribution >= 0.6 is 0 Å². The van der Waals surface area contributed by atoms with E-state index in [1.165, 1.54) is 14.2 Å². The van der Waals surface area contributed by atoms with Gasteiger partial charge in [-0.3, -0.25) is 0 Å². The maximum absolute atomic E-state index is 10.9. The molecule has 262 valence electrons. The normalized spacial score (nSPS) is 42.3. The lowest BCUT2D eigenvalue weighted by atomic mass is 9.77. The molecule has 45 heavy (non-hydrogen) atoms. The molecule has 1 saturated carbocycles. The van der Waals surface area contributed by atoms with Crippen LogP contribution in [0, 0.1) is 23.7 Å². The summed E-state index contributed by atoms with van der Waals surface area (Å²) in [6, 6.07) is -0.887. The first-order valence-electron chi connectivity index (χ1n) is 15.6. The van der Waals surface area contributed by atoms with Gasteiger partial charge in [0.2, 0.25) is 0 Å². The number of azide groups is 1. The largest absolute Gasteiger partial charge is 0.396 e. The van der Waals surface area contributed by atoms with Crippen molar-refractivity contribution in [3.05, 3.63) is 10.4 Å². The molecular formula is C28H55N7O10. The average molecular weight is 650 g/mol. The second-order valence-electron chi connectivity index (χ2n) is 11.9. The van der Waals surface area contributed by atoms with E-state index in [0.29, 0.717) is 13.0 Å². The first-order chi connectivity index (χ1) is 21.9. The molecule has 0 aromatic carbocycles. The summed E-state index contributed by atoms with van der Waals surface area (Å²) in [5, 5.41) is 58.4. The zero-order chi connectivity index (χ0) is 33.1. The summed E-state index contributed by atoms with van der Waals surface area (Å²) in [6.45, 7) is -0.614. The highest BCUT2D eigenvalue weighted by Gasteiger charge is 2.53. The van der Waals surface area contributed by atoms with E-state index in [1.54, 1.807) is 14.1 Å². The molecule has 0 amide bonds. The summed E-state index contributed by atoms with van der Waals surface area (Å²) in [7, 11) is 10.2. The zero-order valence-corrected chi connectivity index (χ0v) is 27.2. The van der Waals surface area contributed by atoms with Gasteiger partial charge in [0.05, 0.1) is 56.2 Å². The van der Waals surface area contributed by atoms with E-state index in [0.717, 1.165) is 0 Å². The monoisotopic (exact) mass is 649 g/mol. The molecule has 2 heterocycles. The Kier molecular flexibility index (Phi) is 16.1. The van der Waals surface area contributed by atoms with Crippen LogP contribution in [-0.4, -0.2) is 170 Å². The lowest BCUT2D eigenvalue weighted by Crippen LogP contribution is -2.67. The van der Waals surface area contributed by atoms with E-state index in [-0.39, 0.29) is 51.0 Å². The molecule has 2 saturated heterocycles. The molecule has 2 aliphatic heterocycles. The van der Waals surface area contributed by atoms with Gasteiger partial charge in [-0.25, -0.2) is 0 Å². The molecular weight excluding hydrogens is 594 g/mol. The van der Waals surface area contributed by atoms with E-state index < -0.39 is 73.0 Å². The van der Waals surface area contributed by atoms with Crippen molar-refractivity contribution >= 4 is 0 Å². The number of ether oxygens (including phenoxy) is 6. The van der Waals surface area contributed by atoms with E-state index in [2.05, 4.69) is 31.3 Å². The van der Waals surface area contributed by atoms with Gasteiger partial charge in [-0.15, -0.1) is 0 Å². The second kappa shape index (κ2) is 18.9. The van der Waals surface area contributed by atoms with Gasteiger partial charge in [0.15, 0.2) is 12.6 Å². The van der Waals surface area contributed by atoms with Crippen molar-refractivity contribution in [3.8, 4) is 0 Å². The highest BCUT2D eigenvalue weighted by Crippen LogP contribution is 2.39. The van der Waals surface area contributed by atoms with Crippen LogP contribution in [0.2, 0.25) is 0 Å². The minimum Gasteiger partial charge on any atom is -0.396 e. The van der Waals surface area contributed by atoms with Gasteiger partial charge in [-0.2, -0.15) is 0 Å². The Labute approximate surface area is 265 Å². The van der Waals surface area contributed by atoms with Gasteiger partial charge in [-0.05, 0) is 40.1 Å². The van der Waals surface area contributed by atoms with E-state index in [9.17, 15) is 20.4 Å². The number of likely N-dealkylation sites (N-methyl/N-ethyl adjacent to an activating group) is 4. The van der Waals surface area contributed by atoms with Crippen molar-refractivity contribution in [1.82, 2.24) is 21.3 Å². The quantitative estimate of drug-likeness (QED) is 0.0458. The molecule has 3 fully saturated rings. The molecule has 3 aliphatic rings. The highest BCUT2D eigenvalue weighted by atomic mass is 16.7. The van der Waals surface area contributed by atoms with Crippen molar-refractivity contribution in [2.45, 2.75) is 73.8 Å². The third-order valence-electron chi connectivity index (χ3n) is 9.79. The minimum absolute atomic E-state index is 0.00558. The SMILES string of the molecule is CNCC1O[C@H](O[C@@H]2C(NC)C[C@@H](NC)[C@@H](O[C@H]3OC(CN=[N+]=[N-])[C@@H](OC)[C@@H](NC)C3CO)C2CO)[C@@H](OC)C(CO)[C@@H]1CO. The van der Waals surface area contributed by atoms with Gasteiger partial charge < -0.3 is 70.1 Å². The minimum atomic E-state index is -0.943. The topological polar surface area (TPSA) is 233 Å². The number of methoxy groups -OCH3 is 2. The van der Waals surface area contributed by atoms with Gasteiger partial charge in [0.25, 0.3) is 0 Å². The fourth-order valence-corrected chi connectivity index (χ4v) is 7.43. The molecule has 0 bridgehead atoms. The third-order valence-corrected chi connectivity index (χ3v) is 9.79. The van der Waals surface area contributed by atoms with Gasteiger partial charge >= 0.3 is 0 Å². The van der Waals surface area contributed by atoms with Crippen LogP contribution in [0.1, 0.15) is 6.42 Å². The standard InChI is InChI=1S/C28H55N7O10/c1-30-8-20-14(10-36)15(11-37)25(40-5)28(42-20)45-24-17(13-39)23(18(31-2)7-19(24)32-3)44-27-16(12-38)22(33-4)26(41-6)21(43-27)9-34-35-29/h14-28,30-33,36-39H,7-13H2,1-6H3/t14-,15?,16?,17?,18+,19?,20?,21?,22-,23-,24-,25-,26+,27+,28+/m0/s1. The van der Waals surface area contributed by atoms with Crippen molar-refractivity contribution < 1.29 is 48.8 Å². The Hall–Kier alpha value is -1.25. The van der Waals surface area contributed by atoms with Crippen LogP contribution in [0.25, 0.3) is 10.4 Å². The summed E-state index contributed by atoms with van der Waals surface area (Å²) in [5.74, 6) is -2.00. The lowest BCUT2D eigenvalue weighted by Gasteiger charge is -2.52. The van der Waals surface area contributed by atoms with Crippen LogP contribution in [0.3, 0.4) is 0 Å². The maximum Gasteiger partial charge on any atom is 0.184 e. The Morgan fingerprint density at radius 3 is 1.73 bits per heavy atom. The molecule has 3 rings (SSSR count). The van der Waals surface area contributed by atoms with Crippen molar-refractivity contribution in [1.29, 1.82) is 0 Å². The molecule has 0 spiro atoms. The number of hydrogen-bond donors (Lipinski definition) is 8. The van der Waals surface area contributed by atoms with E-state index >= 15 is 0 Å². The summed E-state index contributed by atoms with van der Waals surface area (Å²) in [5.41, 5.74) is 8.96. The molecule has 6 unspecified atom stereocenters. The number of nitrogens with one attached hydrogen (secondary N) is 4. The number of aliphatic hydroxyl groups is 4. The molecule has 8 N–H and O–H groups in total. The van der Waals surface area contributed by atoms with E-state index in [1.807, 2.05) is 14.1 Å². The number of rotatable bonds is 17. The highest BCUT2D eigenvalue weighted by molar-refractivity contribution is 5.02. The summed E-state index contributed by atoms with van der Waals surface area (Å²) >= 11 is 0. The molecule has 17 heteroatoms. The smallest absolute Gasteiger partial charge is 0.184 e. The average Bonchev–Trinajstić information content (AvgIpc) is 3.06. The first kappa shape index (κ1) is 38.2. The molecule has 17 nitrogen and oxygen atoms in total. The fourth-order valence-electron chi connectivity index (χ4n) is 7.43. The Balaban J connectivity index is 1.95. The lowest BCUT2D eigenvalue weighted by molar-refractivity contribution is -0.323. The third kappa shape index (κ3) is 8.43. The molecule has 0 radical (unpaired) electrons. The van der Waals surface area contributed by atoms with Crippen LogP contribution in [0.15, 0.2) is 5.11 Å². The van der Waals surface area contributed by atoms with Crippen LogP contribution in [-0.2, 0) is 28.4 Å². The number of nitrogens with zero attached hydrogens (tertiary/aromatic N) is 3. The van der Waals surface area contributed by atoms with Crippen molar-refractivity contribution in [3.63, 3.8) is 0 Å². The van der Waals surface area contributed by atoms with Crippen molar-refractivity contribution in [2.24, 2.45) is 28.8 Å².